The molecule has 0 amide bonds. The van der Waals surface area contributed by atoms with E-state index in [9.17, 15) is 5.11 Å². The van der Waals surface area contributed by atoms with Crippen molar-refractivity contribution in [2.75, 3.05) is 0 Å². The summed E-state index contributed by atoms with van der Waals surface area (Å²) in [6.07, 6.45) is 7.52. The zero-order valence-electron chi connectivity index (χ0n) is 12.4. The zero-order valence-corrected chi connectivity index (χ0v) is 12.4. The van der Waals surface area contributed by atoms with Crippen LogP contribution in [-0.4, -0.2) is 50.5 Å². The molecule has 0 bridgehead atoms. The van der Waals surface area contributed by atoms with Gasteiger partial charge in [-0.3, -0.25) is 0 Å². The average Bonchev–Trinajstić information content (AvgIpc) is 3.18. The molecular formula is C15H18N3O4. The molecular weight excluding hydrogens is 286 g/mol. The minimum absolute atomic E-state index is 0.398. The van der Waals surface area contributed by atoms with Gasteiger partial charge in [0.05, 0.1) is 12.2 Å². The molecule has 117 valence electrons. The smallest absolute Gasteiger partial charge is 0.190 e. The third-order valence-corrected chi connectivity index (χ3v) is 3.98. The molecule has 3 aliphatic rings. The summed E-state index contributed by atoms with van der Waals surface area (Å²) in [6, 6.07) is 0. The van der Waals surface area contributed by atoms with Gasteiger partial charge < -0.3 is 19.3 Å². The normalized spacial score (nSPS) is 37.8. The molecule has 3 heterocycles. The maximum absolute atomic E-state index is 10.4. The zero-order chi connectivity index (χ0) is 15.3. The molecule has 1 aromatic heterocycles. The second-order valence-electron chi connectivity index (χ2n) is 6.13. The molecule has 2 aliphatic heterocycles. The van der Waals surface area contributed by atoms with Crippen LogP contribution in [0.25, 0.3) is 0 Å². The molecule has 7 heteroatoms. The summed E-state index contributed by atoms with van der Waals surface area (Å²) in [7, 11) is 0. The Morgan fingerprint density at radius 1 is 1.27 bits per heavy atom. The van der Waals surface area contributed by atoms with E-state index in [-0.39, 0.29) is 0 Å². The van der Waals surface area contributed by atoms with Gasteiger partial charge in [-0.1, -0.05) is 5.21 Å². The van der Waals surface area contributed by atoms with E-state index < -0.39 is 30.4 Å². The monoisotopic (exact) mass is 304 g/mol. The fourth-order valence-electron chi connectivity index (χ4n) is 2.96. The lowest BCUT2D eigenvalue weighted by Gasteiger charge is -2.22. The Balaban J connectivity index is 1.40. The fraction of sp³-hybridized carbons (Fsp3) is 0.533. The van der Waals surface area contributed by atoms with Gasteiger partial charge in [-0.15, -0.1) is 5.10 Å². The van der Waals surface area contributed by atoms with Crippen molar-refractivity contribution in [2.24, 2.45) is 0 Å². The number of hydrogen-bond acceptors (Lipinski definition) is 6. The van der Waals surface area contributed by atoms with Gasteiger partial charge >= 0.3 is 0 Å². The summed E-state index contributed by atoms with van der Waals surface area (Å²) >= 11 is 0. The van der Waals surface area contributed by atoms with Gasteiger partial charge in [-0.2, -0.15) is 0 Å². The third kappa shape index (κ3) is 2.56. The number of aliphatic hydroxyl groups excluding tert-OH is 1. The summed E-state index contributed by atoms with van der Waals surface area (Å²) in [5, 5.41) is 18.6. The standard InChI is InChI=1S/C15H18N3O4/c1-15(2)21-13-12(19)11(20-14(13)22-15)8-18-7-10(16-17-18)9-5-3-4-6-9/h3-7,11-14,19H,8H2,1-2H3/t11-,12+,13-,14-/m1/s1. The van der Waals surface area contributed by atoms with Gasteiger partial charge in [0.25, 0.3) is 0 Å². The fourth-order valence-corrected chi connectivity index (χ4v) is 2.96. The number of aromatic nitrogens is 3. The number of aliphatic hydroxyl groups is 1. The molecule has 0 aromatic carbocycles. The van der Waals surface area contributed by atoms with Crippen LogP contribution < -0.4 is 0 Å². The van der Waals surface area contributed by atoms with Crippen molar-refractivity contribution >= 4 is 0 Å². The van der Waals surface area contributed by atoms with Crippen LogP contribution in [0.4, 0.5) is 0 Å². The first-order valence-corrected chi connectivity index (χ1v) is 7.33. The van der Waals surface area contributed by atoms with E-state index in [1.807, 2.05) is 31.9 Å². The molecule has 0 spiro atoms. The number of fused-ring (bicyclic) bond motifs is 1. The molecule has 1 saturated carbocycles. The lowest BCUT2D eigenvalue weighted by atomic mass is 10.1. The molecule has 22 heavy (non-hydrogen) atoms. The van der Waals surface area contributed by atoms with Crippen LogP contribution in [0.15, 0.2) is 6.20 Å². The highest BCUT2D eigenvalue weighted by Crippen LogP contribution is 2.37. The number of rotatable bonds is 3. The molecule has 0 unspecified atom stereocenters. The maximum atomic E-state index is 10.4. The molecule has 1 N–H and O–H groups in total. The van der Waals surface area contributed by atoms with Crippen LogP contribution in [-0.2, 0) is 20.8 Å². The van der Waals surface area contributed by atoms with E-state index in [0.717, 1.165) is 11.6 Å². The molecule has 3 fully saturated rings. The molecule has 1 aliphatic carbocycles. The van der Waals surface area contributed by atoms with E-state index in [0.29, 0.717) is 6.54 Å². The summed E-state index contributed by atoms with van der Waals surface area (Å²) in [6.45, 7) is 4.01. The molecule has 4 atom stereocenters. The third-order valence-electron chi connectivity index (χ3n) is 3.98. The van der Waals surface area contributed by atoms with Crippen LogP contribution in [0, 0.1) is 31.6 Å². The molecule has 2 saturated heterocycles. The molecule has 7 nitrogen and oxygen atoms in total. The van der Waals surface area contributed by atoms with Crippen LogP contribution in [0.3, 0.4) is 0 Å². The van der Waals surface area contributed by atoms with Gasteiger partial charge in [-0.25, -0.2) is 4.68 Å². The van der Waals surface area contributed by atoms with E-state index >= 15 is 0 Å². The predicted molar refractivity (Wildman–Crippen MR) is 74.3 cm³/mol. The van der Waals surface area contributed by atoms with Crippen LogP contribution >= 0.6 is 0 Å². The quantitative estimate of drug-likeness (QED) is 0.863. The first kappa shape index (κ1) is 14.6. The maximum Gasteiger partial charge on any atom is 0.190 e. The topological polar surface area (TPSA) is 78.6 Å². The number of ether oxygens (including phenoxy) is 3. The largest absolute Gasteiger partial charge is 0.387 e. The second-order valence-corrected chi connectivity index (χ2v) is 6.13. The van der Waals surface area contributed by atoms with Gasteiger partial charge in [0.2, 0.25) is 0 Å². The highest BCUT2D eigenvalue weighted by molar-refractivity contribution is 5.45. The summed E-state index contributed by atoms with van der Waals surface area (Å²) < 4.78 is 18.7. The highest BCUT2D eigenvalue weighted by atomic mass is 16.8. The Morgan fingerprint density at radius 3 is 2.77 bits per heavy atom. The van der Waals surface area contributed by atoms with Crippen molar-refractivity contribution in [3.8, 4) is 0 Å². The van der Waals surface area contributed by atoms with Crippen LogP contribution in [0.2, 0.25) is 0 Å². The van der Waals surface area contributed by atoms with Gasteiger partial charge in [0.15, 0.2) is 12.1 Å². The Labute approximate surface area is 129 Å². The molecule has 5 radical (unpaired) electrons. The van der Waals surface area contributed by atoms with Gasteiger partial charge in [0.1, 0.15) is 18.3 Å². The van der Waals surface area contributed by atoms with Crippen molar-refractivity contribution in [1.82, 2.24) is 15.0 Å². The van der Waals surface area contributed by atoms with E-state index in [1.54, 1.807) is 18.5 Å². The summed E-state index contributed by atoms with van der Waals surface area (Å²) in [4.78, 5) is 0. The van der Waals surface area contributed by atoms with E-state index in [1.165, 1.54) is 0 Å². The van der Waals surface area contributed by atoms with Crippen molar-refractivity contribution in [2.45, 2.75) is 50.8 Å². The van der Waals surface area contributed by atoms with Crippen molar-refractivity contribution in [1.29, 1.82) is 0 Å². The van der Waals surface area contributed by atoms with Crippen molar-refractivity contribution in [3.05, 3.63) is 43.5 Å². The van der Waals surface area contributed by atoms with E-state index in [4.69, 9.17) is 14.2 Å². The number of hydrogen-bond donors (Lipinski definition) is 1. The van der Waals surface area contributed by atoms with Gasteiger partial charge in [0, 0.05) is 12.1 Å². The molecule has 4 rings (SSSR count). The Kier molecular flexibility index (Phi) is 3.48. The average molecular weight is 304 g/mol. The lowest BCUT2D eigenvalue weighted by Crippen LogP contribution is -2.36. The summed E-state index contributed by atoms with van der Waals surface area (Å²) in [5.74, 6) is 0.295. The lowest BCUT2D eigenvalue weighted by molar-refractivity contribution is -0.216. The second kappa shape index (κ2) is 5.26. The number of nitrogens with zero attached hydrogens (tertiary/aromatic N) is 3. The Hall–Kier alpha value is -1.02. The van der Waals surface area contributed by atoms with Gasteiger partial charge in [-0.05, 0) is 39.5 Å². The van der Waals surface area contributed by atoms with Crippen molar-refractivity contribution in [3.63, 3.8) is 0 Å². The molecule has 1 aromatic rings. The summed E-state index contributed by atoms with van der Waals surface area (Å²) in [5.41, 5.74) is 0.798. The Bertz CT molecular complexity index is 541. The predicted octanol–water partition coefficient (Wildman–Crippen LogP) is 0.269. The van der Waals surface area contributed by atoms with E-state index in [2.05, 4.69) is 10.3 Å². The van der Waals surface area contributed by atoms with Crippen molar-refractivity contribution < 1.29 is 19.3 Å². The first-order chi connectivity index (χ1) is 10.5. The highest BCUT2D eigenvalue weighted by Gasteiger charge is 2.54. The minimum atomic E-state index is -0.752. The first-order valence-electron chi connectivity index (χ1n) is 7.33. The van der Waals surface area contributed by atoms with Crippen LogP contribution in [0.1, 0.15) is 19.5 Å². The Morgan fingerprint density at radius 2 is 2.05 bits per heavy atom. The minimum Gasteiger partial charge on any atom is -0.387 e. The van der Waals surface area contributed by atoms with Crippen LogP contribution in [0.5, 0.6) is 0 Å². The SMILES string of the molecule is CC1(C)O[C@H]2O[C@H](Cn3cc([C]4[CH][CH][CH][CH]4)nn3)[C@H](O)[C@H]2O1.